The summed E-state index contributed by atoms with van der Waals surface area (Å²) in [6.07, 6.45) is 4.24. The van der Waals surface area contributed by atoms with Crippen LogP contribution in [0.5, 0.6) is 0 Å². The molecule has 0 aromatic heterocycles. The number of rotatable bonds is 9. The number of carboxylic acid groups (broad SMARTS) is 1. The fourth-order valence-corrected chi connectivity index (χ4v) is 2.16. The SMILES string of the molecule is CCCCCN(C(=O)NC(C)(CCC)C(=O)O)C(C)C. The summed E-state index contributed by atoms with van der Waals surface area (Å²) in [6.45, 7) is 10.2. The number of hydrogen-bond acceptors (Lipinski definition) is 2. The predicted octanol–water partition coefficient (Wildman–Crippen LogP) is 3.24. The van der Waals surface area contributed by atoms with Crippen molar-refractivity contribution in [2.45, 2.75) is 78.3 Å². The molecule has 0 radical (unpaired) electrons. The molecule has 0 aromatic rings. The van der Waals surface area contributed by atoms with Crippen LogP contribution in [0.25, 0.3) is 0 Å². The van der Waals surface area contributed by atoms with Crippen molar-refractivity contribution in [2.75, 3.05) is 6.54 Å². The zero-order valence-corrected chi connectivity index (χ0v) is 13.5. The van der Waals surface area contributed by atoms with Crippen LogP contribution < -0.4 is 5.32 Å². The first-order valence-electron chi connectivity index (χ1n) is 7.60. The average molecular weight is 286 g/mol. The van der Waals surface area contributed by atoms with Crippen LogP contribution in [0.3, 0.4) is 0 Å². The molecule has 0 aliphatic heterocycles. The lowest BCUT2D eigenvalue weighted by Crippen LogP contribution is -2.57. The van der Waals surface area contributed by atoms with Crippen molar-refractivity contribution in [3.63, 3.8) is 0 Å². The summed E-state index contributed by atoms with van der Waals surface area (Å²) in [6, 6.07) is -0.221. The van der Waals surface area contributed by atoms with Gasteiger partial charge in [-0.3, -0.25) is 0 Å². The molecule has 1 atom stereocenters. The molecular weight excluding hydrogens is 256 g/mol. The third kappa shape index (κ3) is 5.80. The molecule has 0 aliphatic carbocycles. The molecule has 5 heteroatoms. The fraction of sp³-hybridized carbons (Fsp3) is 0.867. The van der Waals surface area contributed by atoms with Crippen molar-refractivity contribution < 1.29 is 14.7 Å². The molecule has 2 N–H and O–H groups in total. The smallest absolute Gasteiger partial charge is 0.329 e. The molecule has 5 nitrogen and oxygen atoms in total. The number of amides is 2. The van der Waals surface area contributed by atoms with Crippen LogP contribution in [0, 0.1) is 0 Å². The van der Waals surface area contributed by atoms with E-state index in [1.54, 1.807) is 11.8 Å². The standard InChI is InChI=1S/C15H30N2O3/c1-6-8-9-11-17(12(3)4)14(20)16-15(5,10-7-2)13(18)19/h12H,6-11H2,1-5H3,(H,16,20)(H,18,19). The normalized spacial score (nSPS) is 13.9. The Morgan fingerprint density at radius 1 is 1.20 bits per heavy atom. The van der Waals surface area contributed by atoms with Crippen LogP contribution in [0.4, 0.5) is 4.79 Å². The number of carbonyl (C=O) groups is 2. The highest BCUT2D eigenvalue weighted by molar-refractivity contribution is 5.86. The van der Waals surface area contributed by atoms with Gasteiger partial charge < -0.3 is 15.3 Å². The third-order valence-corrected chi connectivity index (χ3v) is 3.49. The predicted molar refractivity (Wildman–Crippen MR) is 80.8 cm³/mol. The van der Waals surface area contributed by atoms with Crippen molar-refractivity contribution in [1.29, 1.82) is 0 Å². The lowest BCUT2D eigenvalue weighted by molar-refractivity contribution is -0.144. The van der Waals surface area contributed by atoms with Gasteiger partial charge in [0, 0.05) is 12.6 Å². The zero-order chi connectivity index (χ0) is 15.8. The first-order chi connectivity index (χ1) is 9.28. The van der Waals surface area contributed by atoms with Crippen LogP contribution >= 0.6 is 0 Å². The topological polar surface area (TPSA) is 69.6 Å². The first kappa shape index (κ1) is 18.7. The van der Waals surface area contributed by atoms with E-state index in [4.69, 9.17) is 0 Å². The van der Waals surface area contributed by atoms with Gasteiger partial charge in [0.05, 0.1) is 0 Å². The van der Waals surface area contributed by atoms with E-state index >= 15 is 0 Å². The van der Waals surface area contributed by atoms with Gasteiger partial charge in [0.1, 0.15) is 5.54 Å². The highest BCUT2D eigenvalue weighted by Crippen LogP contribution is 2.14. The molecule has 0 saturated carbocycles. The lowest BCUT2D eigenvalue weighted by Gasteiger charge is -2.32. The second kappa shape index (κ2) is 8.82. The Hall–Kier alpha value is -1.26. The second-order valence-corrected chi connectivity index (χ2v) is 5.81. The van der Waals surface area contributed by atoms with Crippen LogP contribution in [-0.4, -0.2) is 40.1 Å². The molecule has 2 amide bonds. The van der Waals surface area contributed by atoms with Crippen molar-refractivity contribution in [3.8, 4) is 0 Å². The summed E-state index contributed by atoms with van der Waals surface area (Å²) >= 11 is 0. The van der Waals surface area contributed by atoms with E-state index in [2.05, 4.69) is 12.2 Å². The van der Waals surface area contributed by atoms with Crippen molar-refractivity contribution in [2.24, 2.45) is 0 Å². The Bertz CT molecular complexity index is 318. The van der Waals surface area contributed by atoms with E-state index in [1.165, 1.54) is 0 Å². The Kier molecular flexibility index (Phi) is 8.26. The minimum atomic E-state index is -1.19. The van der Waals surface area contributed by atoms with Crippen molar-refractivity contribution in [1.82, 2.24) is 10.2 Å². The van der Waals surface area contributed by atoms with Crippen molar-refractivity contribution >= 4 is 12.0 Å². The van der Waals surface area contributed by atoms with E-state index < -0.39 is 11.5 Å². The second-order valence-electron chi connectivity index (χ2n) is 5.81. The average Bonchev–Trinajstić information content (AvgIpc) is 2.33. The fourth-order valence-electron chi connectivity index (χ4n) is 2.16. The van der Waals surface area contributed by atoms with Gasteiger partial charge in [0.15, 0.2) is 0 Å². The van der Waals surface area contributed by atoms with Gasteiger partial charge in [-0.15, -0.1) is 0 Å². The summed E-state index contributed by atoms with van der Waals surface area (Å²) < 4.78 is 0. The highest BCUT2D eigenvalue weighted by Gasteiger charge is 2.35. The van der Waals surface area contributed by atoms with Gasteiger partial charge in [-0.2, -0.15) is 0 Å². The third-order valence-electron chi connectivity index (χ3n) is 3.49. The lowest BCUT2D eigenvalue weighted by atomic mass is 9.96. The molecule has 118 valence electrons. The molecule has 0 bridgehead atoms. The van der Waals surface area contributed by atoms with Gasteiger partial charge in [0.2, 0.25) is 0 Å². The van der Waals surface area contributed by atoms with Gasteiger partial charge in [-0.05, 0) is 33.6 Å². The summed E-state index contributed by atoms with van der Waals surface area (Å²) in [4.78, 5) is 25.4. The van der Waals surface area contributed by atoms with Gasteiger partial charge >= 0.3 is 12.0 Å². The monoisotopic (exact) mass is 286 g/mol. The van der Waals surface area contributed by atoms with Crippen LogP contribution in [0.2, 0.25) is 0 Å². The number of carbonyl (C=O) groups excluding carboxylic acids is 1. The number of nitrogens with zero attached hydrogens (tertiary/aromatic N) is 1. The molecule has 0 saturated heterocycles. The van der Waals surface area contributed by atoms with Crippen molar-refractivity contribution in [3.05, 3.63) is 0 Å². The molecule has 0 heterocycles. The number of hydrogen-bond donors (Lipinski definition) is 2. The number of urea groups is 1. The van der Waals surface area contributed by atoms with E-state index in [-0.39, 0.29) is 12.1 Å². The molecular formula is C15H30N2O3. The van der Waals surface area contributed by atoms with E-state index in [0.29, 0.717) is 19.4 Å². The van der Waals surface area contributed by atoms with E-state index in [9.17, 15) is 14.7 Å². The Labute approximate surface area is 122 Å². The maximum atomic E-state index is 12.3. The zero-order valence-electron chi connectivity index (χ0n) is 13.5. The molecule has 0 aliphatic rings. The minimum Gasteiger partial charge on any atom is -0.480 e. The van der Waals surface area contributed by atoms with E-state index in [0.717, 1.165) is 19.3 Å². The summed E-state index contributed by atoms with van der Waals surface area (Å²) in [5.74, 6) is -0.982. The summed E-state index contributed by atoms with van der Waals surface area (Å²) in [5, 5.41) is 12.0. The van der Waals surface area contributed by atoms with Crippen LogP contribution in [0.15, 0.2) is 0 Å². The molecule has 0 spiro atoms. The van der Waals surface area contributed by atoms with Gasteiger partial charge in [0.25, 0.3) is 0 Å². The minimum absolute atomic E-state index is 0.0616. The highest BCUT2D eigenvalue weighted by atomic mass is 16.4. The quantitative estimate of drug-likeness (QED) is 0.639. The van der Waals surface area contributed by atoms with Crippen LogP contribution in [-0.2, 0) is 4.79 Å². The maximum absolute atomic E-state index is 12.3. The van der Waals surface area contributed by atoms with E-state index in [1.807, 2.05) is 20.8 Å². The Morgan fingerprint density at radius 3 is 2.20 bits per heavy atom. The molecule has 0 rings (SSSR count). The molecule has 20 heavy (non-hydrogen) atoms. The Morgan fingerprint density at radius 2 is 1.80 bits per heavy atom. The first-order valence-corrected chi connectivity index (χ1v) is 7.60. The number of nitrogens with one attached hydrogen (secondary N) is 1. The Balaban J connectivity index is 4.76. The van der Waals surface area contributed by atoms with Crippen LogP contribution in [0.1, 0.15) is 66.7 Å². The number of unbranched alkanes of at least 4 members (excludes halogenated alkanes) is 2. The summed E-state index contributed by atoms with van der Waals surface area (Å²) in [5.41, 5.74) is -1.19. The molecule has 0 fully saturated rings. The van der Waals surface area contributed by atoms with Gasteiger partial charge in [-0.1, -0.05) is 33.1 Å². The molecule has 1 unspecified atom stereocenters. The molecule has 0 aromatic carbocycles. The summed E-state index contributed by atoms with van der Waals surface area (Å²) in [7, 11) is 0. The number of aliphatic carboxylic acids is 1. The largest absolute Gasteiger partial charge is 0.480 e. The maximum Gasteiger partial charge on any atom is 0.329 e. The van der Waals surface area contributed by atoms with Gasteiger partial charge in [-0.25, -0.2) is 9.59 Å². The number of carboxylic acids is 1.